The number of ketones is 2. The highest BCUT2D eigenvalue weighted by Gasteiger charge is 2.28. The molecule has 180 valence electrons. The Labute approximate surface area is 212 Å². The van der Waals surface area contributed by atoms with Gasteiger partial charge < -0.3 is 10.6 Å². The highest BCUT2D eigenvalue weighted by Crippen LogP contribution is 2.35. The summed E-state index contributed by atoms with van der Waals surface area (Å²) in [7, 11) is 0. The third-order valence-electron chi connectivity index (χ3n) is 5.61. The van der Waals surface area contributed by atoms with Crippen molar-refractivity contribution in [3.05, 3.63) is 82.1 Å². The molecule has 0 spiro atoms. The lowest BCUT2D eigenvalue weighted by Crippen LogP contribution is -2.24. The molecule has 0 amide bonds. The molecule has 2 aromatic rings. The smallest absolute Gasteiger partial charge is 0.157 e. The first kappa shape index (κ1) is 26.1. The molecule has 2 aliphatic rings. The molecule has 0 unspecified atom stereocenters. The monoisotopic (exact) mass is 498 g/mol. The SMILES string of the molecule is CC1(C)CC(=O)C=C(Nc2ccc(Cl)cc2)C1.CC1(C)CC(=O)C=C(Nc2ccc(Cl)cc2)C1. The second kappa shape index (κ2) is 10.8. The number of halogens is 2. The van der Waals surface area contributed by atoms with Crippen molar-refractivity contribution in [1.82, 2.24) is 0 Å². The molecule has 0 aromatic heterocycles. The molecular formula is C28H32Cl2N2O2. The van der Waals surface area contributed by atoms with Gasteiger partial charge in [-0.05, 0) is 72.2 Å². The summed E-state index contributed by atoms with van der Waals surface area (Å²) in [4.78, 5) is 23.2. The molecule has 0 saturated carbocycles. The average molecular weight is 499 g/mol. The van der Waals surface area contributed by atoms with E-state index in [4.69, 9.17) is 23.2 Å². The van der Waals surface area contributed by atoms with Crippen LogP contribution in [0.15, 0.2) is 72.1 Å². The van der Waals surface area contributed by atoms with Crippen LogP contribution in [-0.2, 0) is 9.59 Å². The van der Waals surface area contributed by atoms with Crippen LogP contribution in [0.3, 0.4) is 0 Å². The van der Waals surface area contributed by atoms with Crippen molar-refractivity contribution >= 4 is 46.1 Å². The minimum absolute atomic E-state index is 0.0423. The summed E-state index contributed by atoms with van der Waals surface area (Å²) in [6.07, 6.45) is 6.44. The van der Waals surface area contributed by atoms with Crippen molar-refractivity contribution in [3.63, 3.8) is 0 Å². The fourth-order valence-corrected chi connectivity index (χ4v) is 4.54. The van der Waals surface area contributed by atoms with Gasteiger partial charge in [0.1, 0.15) is 0 Å². The van der Waals surface area contributed by atoms with Crippen molar-refractivity contribution < 1.29 is 9.59 Å². The van der Waals surface area contributed by atoms with Gasteiger partial charge in [0, 0.05) is 57.8 Å². The molecule has 0 radical (unpaired) electrons. The van der Waals surface area contributed by atoms with Crippen LogP contribution in [0.25, 0.3) is 0 Å². The van der Waals surface area contributed by atoms with Gasteiger partial charge >= 0.3 is 0 Å². The topological polar surface area (TPSA) is 58.2 Å². The second-order valence-corrected chi connectivity index (χ2v) is 11.4. The van der Waals surface area contributed by atoms with E-state index in [0.717, 1.165) is 35.6 Å². The van der Waals surface area contributed by atoms with E-state index in [2.05, 4.69) is 38.3 Å². The molecule has 0 heterocycles. The molecule has 34 heavy (non-hydrogen) atoms. The van der Waals surface area contributed by atoms with Gasteiger partial charge in [0.15, 0.2) is 11.6 Å². The number of carbonyl (C=O) groups is 2. The van der Waals surface area contributed by atoms with E-state index >= 15 is 0 Å². The van der Waals surface area contributed by atoms with Crippen LogP contribution in [-0.4, -0.2) is 11.6 Å². The molecule has 0 saturated heterocycles. The molecule has 0 atom stereocenters. The Balaban J connectivity index is 0.000000191. The predicted octanol–water partition coefficient (Wildman–Crippen LogP) is 8.05. The van der Waals surface area contributed by atoms with E-state index in [0.29, 0.717) is 22.9 Å². The Hall–Kier alpha value is -2.56. The minimum Gasteiger partial charge on any atom is -0.359 e. The number of rotatable bonds is 4. The lowest BCUT2D eigenvalue weighted by atomic mass is 9.79. The van der Waals surface area contributed by atoms with E-state index in [1.807, 2.05) is 48.5 Å². The molecule has 6 heteroatoms. The summed E-state index contributed by atoms with van der Waals surface area (Å²) in [5.41, 5.74) is 3.97. The summed E-state index contributed by atoms with van der Waals surface area (Å²) in [5, 5.41) is 7.98. The molecule has 4 nitrogen and oxygen atoms in total. The highest BCUT2D eigenvalue weighted by atomic mass is 35.5. The molecule has 0 fully saturated rings. The molecule has 0 bridgehead atoms. The van der Waals surface area contributed by atoms with Crippen molar-refractivity contribution in [2.75, 3.05) is 10.6 Å². The van der Waals surface area contributed by atoms with E-state index in [9.17, 15) is 9.59 Å². The Kier molecular flexibility index (Phi) is 8.27. The fourth-order valence-electron chi connectivity index (χ4n) is 4.29. The van der Waals surface area contributed by atoms with Crippen LogP contribution >= 0.6 is 23.2 Å². The largest absolute Gasteiger partial charge is 0.359 e. The molecule has 2 N–H and O–H groups in total. The number of carbonyl (C=O) groups excluding carboxylic acids is 2. The Morgan fingerprint density at radius 2 is 0.912 bits per heavy atom. The normalized spacial score (nSPS) is 18.8. The first-order valence-electron chi connectivity index (χ1n) is 11.4. The Bertz CT molecular complexity index is 1010. The molecular weight excluding hydrogens is 467 g/mol. The lowest BCUT2D eigenvalue weighted by molar-refractivity contribution is -0.117. The van der Waals surface area contributed by atoms with Gasteiger partial charge in [-0.25, -0.2) is 0 Å². The van der Waals surface area contributed by atoms with Gasteiger partial charge in [-0.15, -0.1) is 0 Å². The lowest BCUT2D eigenvalue weighted by Gasteiger charge is -2.29. The zero-order chi connectivity index (χ0) is 24.9. The summed E-state index contributed by atoms with van der Waals surface area (Å²) in [6.45, 7) is 8.45. The van der Waals surface area contributed by atoms with Crippen LogP contribution in [0.2, 0.25) is 10.0 Å². The van der Waals surface area contributed by atoms with E-state index < -0.39 is 0 Å². The van der Waals surface area contributed by atoms with Gasteiger partial charge in [0.05, 0.1) is 0 Å². The van der Waals surface area contributed by atoms with E-state index in [-0.39, 0.29) is 22.4 Å². The average Bonchev–Trinajstić information content (AvgIpc) is 2.69. The summed E-state index contributed by atoms with van der Waals surface area (Å²) in [6, 6.07) is 15.0. The van der Waals surface area contributed by atoms with Crippen LogP contribution < -0.4 is 10.6 Å². The number of benzene rings is 2. The van der Waals surface area contributed by atoms with Gasteiger partial charge in [-0.2, -0.15) is 0 Å². The van der Waals surface area contributed by atoms with Crippen molar-refractivity contribution in [2.45, 2.75) is 53.4 Å². The van der Waals surface area contributed by atoms with Gasteiger partial charge in [-0.3, -0.25) is 9.59 Å². The number of nitrogens with one attached hydrogen (secondary N) is 2. The van der Waals surface area contributed by atoms with Crippen molar-refractivity contribution in [3.8, 4) is 0 Å². The Morgan fingerprint density at radius 3 is 1.21 bits per heavy atom. The van der Waals surface area contributed by atoms with Crippen LogP contribution in [0.5, 0.6) is 0 Å². The maximum atomic E-state index is 11.6. The third kappa shape index (κ3) is 8.34. The highest BCUT2D eigenvalue weighted by molar-refractivity contribution is 6.30. The van der Waals surface area contributed by atoms with Crippen LogP contribution in [0.4, 0.5) is 11.4 Å². The second-order valence-electron chi connectivity index (χ2n) is 10.6. The standard InChI is InChI=1S/2C14H16ClNO/c2*1-14(2)8-12(7-13(17)9-14)16-11-5-3-10(15)4-6-11/h2*3-7,16H,8-9H2,1-2H3. The number of hydrogen-bond acceptors (Lipinski definition) is 4. The van der Waals surface area contributed by atoms with Gasteiger partial charge in [0.2, 0.25) is 0 Å². The first-order chi connectivity index (χ1) is 15.9. The van der Waals surface area contributed by atoms with E-state index in [1.54, 1.807) is 12.2 Å². The Morgan fingerprint density at radius 1 is 0.588 bits per heavy atom. The number of hydrogen-bond donors (Lipinski definition) is 2. The molecule has 2 aromatic carbocycles. The summed E-state index contributed by atoms with van der Waals surface area (Å²) < 4.78 is 0. The summed E-state index contributed by atoms with van der Waals surface area (Å²) in [5.74, 6) is 0.385. The quantitative estimate of drug-likeness (QED) is 0.447. The number of allylic oxidation sites excluding steroid dienone is 4. The van der Waals surface area contributed by atoms with Crippen molar-refractivity contribution in [2.24, 2.45) is 10.8 Å². The van der Waals surface area contributed by atoms with Crippen LogP contribution in [0.1, 0.15) is 53.4 Å². The zero-order valence-electron chi connectivity index (χ0n) is 20.2. The summed E-state index contributed by atoms with van der Waals surface area (Å²) >= 11 is 11.7. The van der Waals surface area contributed by atoms with Crippen molar-refractivity contribution in [1.29, 1.82) is 0 Å². The molecule has 0 aliphatic heterocycles. The maximum Gasteiger partial charge on any atom is 0.157 e. The molecule has 2 aliphatic carbocycles. The van der Waals surface area contributed by atoms with E-state index in [1.165, 1.54) is 0 Å². The minimum atomic E-state index is 0.0423. The molecule has 4 rings (SSSR count). The predicted molar refractivity (Wildman–Crippen MR) is 142 cm³/mol. The van der Waals surface area contributed by atoms with Gasteiger partial charge in [-0.1, -0.05) is 50.9 Å². The van der Waals surface area contributed by atoms with Crippen LogP contribution in [0, 0.1) is 10.8 Å². The first-order valence-corrected chi connectivity index (χ1v) is 12.2. The maximum absolute atomic E-state index is 11.6. The fraction of sp³-hybridized carbons (Fsp3) is 0.357. The zero-order valence-corrected chi connectivity index (χ0v) is 21.7. The van der Waals surface area contributed by atoms with Gasteiger partial charge in [0.25, 0.3) is 0 Å². The number of anilines is 2. The third-order valence-corrected chi connectivity index (χ3v) is 6.12.